The van der Waals surface area contributed by atoms with E-state index in [-0.39, 0.29) is 23.1 Å². The van der Waals surface area contributed by atoms with Crippen LogP contribution in [0.15, 0.2) is 30.3 Å². The Labute approximate surface area is 171 Å². The van der Waals surface area contributed by atoms with E-state index in [1.807, 2.05) is 13.8 Å². The molecule has 1 fully saturated rings. The van der Waals surface area contributed by atoms with E-state index >= 15 is 0 Å². The number of ether oxygens (including phenoxy) is 2. The molecule has 2 nitrogen and oxygen atoms in total. The maximum atomic E-state index is 14.8. The molecule has 1 aliphatic heterocycles. The van der Waals surface area contributed by atoms with Gasteiger partial charge in [-0.2, -0.15) is 0 Å². The molecular weight excluding hydrogens is 377 g/mol. The van der Waals surface area contributed by atoms with Crippen molar-refractivity contribution in [2.45, 2.75) is 58.0 Å². The van der Waals surface area contributed by atoms with Crippen molar-refractivity contribution in [3.05, 3.63) is 58.9 Å². The molecule has 29 heavy (non-hydrogen) atoms. The third-order valence-electron chi connectivity index (χ3n) is 5.57. The van der Waals surface area contributed by atoms with Crippen molar-refractivity contribution >= 4 is 0 Å². The highest BCUT2D eigenvalue weighted by molar-refractivity contribution is 5.66. The van der Waals surface area contributed by atoms with Gasteiger partial charge in [0.05, 0.1) is 12.7 Å². The number of hydrogen-bond acceptors (Lipinski definition) is 2. The second kappa shape index (κ2) is 10.3. The third-order valence-corrected chi connectivity index (χ3v) is 5.57. The van der Waals surface area contributed by atoms with Gasteiger partial charge in [0, 0.05) is 30.3 Å². The van der Waals surface area contributed by atoms with Gasteiger partial charge in [-0.15, -0.1) is 0 Å². The van der Waals surface area contributed by atoms with Crippen LogP contribution in [0.25, 0.3) is 11.1 Å². The van der Waals surface area contributed by atoms with E-state index < -0.39 is 17.5 Å². The maximum absolute atomic E-state index is 14.8. The summed E-state index contributed by atoms with van der Waals surface area (Å²) in [6, 6.07) is 7.76. The Kier molecular flexibility index (Phi) is 7.73. The summed E-state index contributed by atoms with van der Waals surface area (Å²) < 4.78 is 55.3. The third kappa shape index (κ3) is 5.20. The normalized spacial score (nSPS) is 19.5. The fourth-order valence-electron chi connectivity index (χ4n) is 3.95. The highest BCUT2D eigenvalue weighted by Crippen LogP contribution is 2.35. The van der Waals surface area contributed by atoms with Crippen molar-refractivity contribution < 1.29 is 22.6 Å². The number of benzene rings is 2. The summed E-state index contributed by atoms with van der Waals surface area (Å²) in [7, 11) is 0. The molecule has 3 rings (SSSR count). The molecule has 0 amide bonds. The van der Waals surface area contributed by atoms with Crippen molar-refractivity contribution in [2.75, 3.05) is 19.8 Å². The zero-order valence-corrected chi connectivity index (χ0v) is 17.1. The lowest BCUT2D eigenvalue weighted by Crippen LogP contribution is -2.26. The number of halogens is 3. The monoisotopic (exact) mass is 406 g/mol. The summed E-state index contributed by atoms with van der Waals surface area (Å²) in [6.07, 6.45) is 4.07. The topological polar surface area (TPSA) is 18.5 Å². The Balaban J connectivity index is 1.74. The molecule has 2 aromatic carbocycles. The van der Waals surface area contributed by atoms with Crippen LogP contribution in [0.5, 0.6) is 0 Å². The van der Waals surface area contributed by atoms with Crippen molar-refractivity contribution in [2.24, 2.45) is 0 Å². The summed E-state index contributed by atoms with van der Waals surface area (Å²) >= 11 is 0. The van der Waals surface area contributed by atoms with Crippen molar-refractivity contribution in [1.29, 1.82) is 0 Å². The van der Waals surface area contributed by atoms with E-state index in [1.54, 1.807) is 12.1 Å². The molecule has 1 saturated heterocycles. The second-order valence-corrected chi connectivity index (χ2v) is 7.61. The molecule has 0 spiro atoms. The summed E-state index contributed by atoms with van der Waals surface area (Å²) in [4.78, 5) is 0. The molecule has 0 bridgehead atoms. The van der Waals surface area contributed by atoms with Gasteiger partial charge in [-0.05, 0) is 49.8 Å². The van der Waals surface area contributed by atoms with Crippen molar-refractivity contribution in [1.82, 2.24) is 0 Å². The lowest BCUT2D eigenvalue weighted by Gasteiger charge is -2.29. The largest absolute Gasteiger partial charge is 0.382 e. The molecule has 2 aromatic rings. The zero-order valence-electron chi connectivity index (χ0n) is 17.1. The van der Waals surface area contributed by atoms with Crippen LogP contribution < -0.4 is 0 Å². The first-order valence-electron chi connectivity index (χ1n) is 10.5. The van der Waals surface area contributed by atoms with Gasteiger partial charge in [0.15, 0.2) is 11.6 Å². The quantitative estimate of drug-likeness (QED) is 0.472. The molecule has 0 radical (unpaired) electrons. The number of hydrogen-bond donors (Lipinski definition) is 0. The molecule has 0 aliphatic carbocycles. The molecule has 0 N–H and O–H groups in total. The Morgan fingerprint density at radius 2 is 1.79 bits per heavy atom. The standard InChI is InChI=1S/C24H29F3O2/c1-3-5-16-6-9-20(22(25)14-16)21-11-10-19(23(26)24(21)27)17-7-8-18(29-15-17)12-13-28-4-2/h6,9-11,14,17-18H,3-5,7-8,12-13,15H2,1-2H3. The minimum atomic E-state index is -0.997. The molecular formula is C24H29F3O2. The predicted molar refractivity (Wildman–Crippen MR) is 109 cm³/mol. The number of aryl methyl sites for hydroxylation is 1. The van der Waals surface area contributed by atoms with E-state index in [0.717, 1.165) is 37.7 Å². The van der Waals surface area contributed by atoms with E-state index in [1.165, 1.54) is 18.2 Å². The van der Waals surface area contributed by atoms with E-state index in [4.69, 9.17) is 9.47 Å². The van der Waals surface area contributed by atoms with Crippen LogP contribution >= 0.6 is 0 Å². The molecule has 1 heterocycles. The lowest BCUT2D eigenvalue weighted by molar-refractivity contribution is -0.0168. The average molecular weight is 406 g/mol. The van der Waals surface area contributed by atoms with Gasteiger partial charge in [-0.3, -0.25) is 0 Å². The van der Waals surface area contributed by atoms with Crippen LogP contribution in [-0.2, 0) is 15.9 Å². The van der Waals surface area contributed by atoms with Crippen LogP contribution in [0.4, 0.5) is 13.2 Å². The molecule has 1 aliphatic rings. The molecule has 2 atom stereocenters. The van der Waals surface area contributed by atoms with Gasteiger partial charge in [0.25, 0.3) is 0 Å². The van der Waals surface area contributed by atoms with E-state index in [0.29, 0.717) is 25.4 Å². The highest BCUT2D eigenvalue weighted by Gasteiger charge is 2.27. The number of rotatable bonds is 8. The minimum Gasteiger partial charge on any atom is -0.382 e. The van der Waals surface area contributed by atoms with E-state index in [2.05, 4.69) is 0 Å². The van der Waals surface area contributed by atoms with Crippen LogP contribution in [-0.4, -0.2) is 25.9 Å². The van der Waals surface area contributed by atoms with Crippen LogP contribution in [0.1, 0.15) is 56.6 Å². The van der Waals surface area contributed by atoms with Crippen molar-refractivity contribution in [3.63, 3.8) is 0 Å². The highest BCUT2D eigenvalue weighted by atomic mass is 19.2. The summed E-state index contributed by atoms with van der Waals surface area (Å²) in [5.74, 6) is -2.62. The molecule has 0 saturated carbocycles. The van der Waals surface area contributed by atoms with Crippen LogP contribution in [0.2, 0.25) is 0 Å². The lowest BCUT2D eigenvalue weighted by atomic mass is 9.88. The first kappa shape index (κ1) is 21.8. The zero-order chi connectivity index (χ0) is 20.8. The smallest absolute Gasteiger partial charge is 0.167 e. The van der Waals surface area contributed by atoms with Gasteiger partial charge < -0.3 is 9.47 Å². The van der Waals surface area contributed by atoms with Gasteiger partial charge in [-0.25, -0.2) is 13.2 Å². The summed E-state index contributed by atoms with van der Waals surface area (Å²) in [6.45, 7) is 5.63. The minimum absolute atomic E-state index is 0.0434. The fourth-order valence-corrected chi connectivity index (χ4v) is 3.95. The SMILES string of the molecule is CCCc1ccc(-c2ccc(C3CCC(CCOCC)OC3)c(F)c2F)c(F)c1. The van der Waals surface area contributed by atoms with Gasteiger partial charge in [0.1, 0.15) is 5.82 Å². The van der Waals surface area contributed by atoms with Gasteiger partial charge in [-0.1, -0.05) is 37.6 Å². The van der Waals surface area contributed by atoms with Crippen molar-refractivity contribution in [3.8, 4) is 11.1 Å². The first-order valence-corrected chi connectivity index (χ1v) is 10.5. The maximum Gasteiger partial charge on any atom is 0.167 e. The van der Waals surface area contributed by atoms with Crippen LogP contribution in [0, 0.1) is 17.5 Å². The van der Waals surface area contributed by atoms with Gasteiger partial charge >= 0.3 is 0 Å². The summed E-state index contributed by atoms with van der Waals surface area (Å²) in [5.41, 5.74) is 1.20. The van der Waals surface area contributed by atoms with E-state index in [9.17, 15) is 13.2 Å². The molecule has 158 valence electrons. The Bertz CT molecular complexity index is 814. The summed E-state index contributed by atoms with van der Waals surface area (Å²) in [5, 5.41) is 0. The predicted octanol–water partition coefficient (Wildman–Crippen LogP) is 6.41. The average Bonchev–Trinajstić information content (AvgIpc) is 2.72. The second-order valence-electron chi connectivity index (χ2n) is 7.61. The molecule has 2 unspecified atom stereocenters. The fraction of sp³-hybridized carbons (Fsp3) is 0.500. The Morgan fingerprint density at radius 3 is 2.45 bits per heavy atom. The van der Waals surface area contributed by atoms with Crippen LogP contribution in [0.3, 0.4) is 0 Å². The first-order chi connectivity index (χ1) is 14.0. The Morgan fingerprint density at radius 1 is 1.00 bits per heavy atom. The Hall–Kier alpha value is -1.85. The van der Waals surface area contributed by atoms with Gasteiger partial charge in [0.2, 0.25) is 0 Å². The molecule has 5 heteroatoms. The molecule has 0 aromatic heterocycles.